The number of rotatable bonds is 4. The fourth-order valence-electron chi connectivity index (χ4n) is 2.79. The van der Waals surface area contributed by atoms with E-state index in [-0.39, 0.29) is 23.7 Å². The van der Waals surface area contributed by atoms with Gasteiger partial charge in [0.15, 0.2) is 0 Å². The number of nitrogens with zero attached hydrogens (tertiary/aromatic N) is 1. The fourth-order valence-corrected chi connectivity index (χ4v) is 2.79. The second kappa shape index (κ2) is 5.79. The third-order valence-electron chi connectivity index (χ3n) is 4.30. The lowest BCUT2D eigenvalue weighted by Crippen LogP contribution is -2.42. The highest BCUT2D eigenvalue weighted by atomic mass is 16.5. The van der Waals surface area contributed by atoms with Gasteiger partial charge in [0.2, 0.25) is 0 Å². The van der Waals surface area contributed by atoms with Crippen LogP contribution in [0.3, 0.4) is 0 Å². The summed E-state index contributed by atoms with van der Waals surface area (Å²) in [6.07, 6.45) is 2.74. The summed E-state index contributed by atoms with van der Waals surface area (Å²) in [5, 5.41) is 23.4. The van der Waals surface area contributed by atoms with E-state index in [1.165, 1.54) is 0 Å². The molecule has 0 aliphatic heterocycles. The Morgan fingerprint density at radius 1 is 1.35 bits per heavy atom. The van der Waals surface area contributed by atoms with E-state index in [0.717, 1.165) is 16.5 Å². The highest BCUT2D eigenvalue weighted by molar-refractivity contribution is 5.83. The standard InChI is InChI=1S/C17H19N3O3/c1-3-10(2)15-16(21)19-14(17(22)20(15)23)8-11-9-18-13-7-5-4-6-12(11)13/h4-7,9-10,18,22H,3,8H2,1-2H3,(H,19,21). The molecule has 23 heavy (non-hydrogen) atoms. The van der Waals surface area contributed by atoms with Crippen LogP contribution in [0.15, 0.2) is 35.3 Å². The number of nitrogens with one attached hydrogen (secondary N) is 2. The Morgan fingerprint density at radius 3 is 2.83 bits per heavy atom. The van der Waals surface area contributed by atoms with Crippen LogP contribution in [0, 0.1) is 5.21 Å². The Balaban J connectivity index is 2.06. The van der Waals surface area contributed by atoms with Crippen molar-refractivity contribution in [3.05, 3.63) is 63.0 Å². The first-order valence-electron chi connectivity index (χ1n) is 7.65. The van der Waals surface area contributed by atoms with Gasteiger partial charge in [-0.1, -0.05) is 32.0 Å². The molecule has 0 amide bonds. The average Bonchev–Trinajstić information content (AvgIpc) is 2.95. The van der Waals surface area contributed by atoms with Gasteiger partial charge >= 0.3 is 11.4 Å². The van der Waals surface area contributed by atoms with Gasteiger partial charge in [-0.3, -0.25) is 4.79 Å². The van der Waals surface area contributed by atoms with Crippen molar-refractivity contribution in [3.8, 4) is 5.88 Å². The molecule has 1 atom stereocenters. The summed E-state index contributed by atoms with van der Waals surface area (Å²) in [4.78, 5) is 18.0. The quantitative estimate of drug-likeness (QED) is 0.509. The molecule has 6 heteroatoms. The number of aromatic hydroxyl groups is 1. The summed E-state index contributed by atoms with van der Waals surface area (Å²) in [5.41, 5.74) is 1.70. The zero-order valence-corrected chi connectivity index (χ0v) is 13.1. The molecule has 2 aromatic heterocycles. The molecule has 1 unspecified atom stereocenters. The lowest BCUT2D eigenvalue weighted by Gasteiger charge is -2.11. The van der Waals surface area contributed by atoms with E-state index in [1.54, 1.807) is 6.92 Å². The number of H-pyrrole nitrogens is 2. The molecule has 0 aliphatic rings. The molecule has 0 aliphatic carbocycles. The first-order chi connectivity index (χ1) is 11.0. The highest BCUT2D eigenvalue weighted by Crippen LogP contribution is 2.22. The third kappa shape index (κ3) is 2.56. The van der Waals surface area contributed by atoms with Crippen LogP contribution in [0.25, 0.3) is 10.9 Å². The van der Waals surface area contributed by atoms with E-state index >= 15 is 0 Å². The average molecular weight is 313 g/mol. The SMILES string of the molecule is CCC(C)c1c(=O)[nH]c(Cc2c[nH]c3ccccc23)c(O)[n+]1[O-]. The van der Waals surface area contributed by atoms with E-state index < -0.39 is 11.4 Å². The number of para-hydroxylation sites is 1. The van der Waals surface area contributed by atoms with Crippen molar-refractivity contribution in [2.75, 3.05) is 0 Å². The molecule has 0 spiro atoms. The minimum atomic E-state index is -0.443. The molecular formula is C17H19N3O3. The molecule has 0 bridgehead atoms. The van der Waals surface area contributed by atoms with E-state index in [0.29, 0.717) is 11.2 Å². The van der Waals surface area contributed by atoms with Crippen LogP contribution >= 0.6 is 0 Å². The molecule has 6 nitrogen and oxygen atoms in total. The van der Waals surface area contributed by atoms with Crippen LogP contribution < -0.4 is 10.3 Å². The highest BCUT2D eigenvalue weighted by Gasteiger charge is 2.25. The topological polar surface area (TPSA) is 95.8 Å². The predicted octanol–water partition coefficient (Wildman–Crippen LogP) is 2.30. The molecule has 1 aromatic carbocycles. The van der Waals surface area contributed by atoms with Crippen LogP contribution in [0.2, 0.25) is 0 Å². The minimum absolute atomic E-state index is 0.0488. The van der Waals surface area contributed by atoms with E-state index in [9.17, 15) is 15.1 Å². The number of aromatic amines is 2. The first kappa shape index (κ1) is 15.1. The number of hydrogen-bond donors (Lipinski definition) is 3. The predicted molar refractivity (Wildman–Crippen MR) is 87.5 cm³/mol. The molecule has 3 N–H and O–H groups in total. The Kier molecular flexibility index (Phi) is 3.82. The summed E-state index contributed by atoms with van der Waals surface area (Å²) in [7, 11) is 0. The Morgan fingerprint density at radius 2 is 2.09 bits per heavy atom. The van der Waals surface area contributed by atoms with Crippen LogP contribution in [-0.2, 0) is 6.42 Å². The van der Waals surface area contributed by atoms with E-state index in [2.05, 4.69) is 9.97 Å². The van der Waals surface area contributed by atoms with Crippen molar-refractivity contribution >= 4 is 10.9 Å². The van der Waals surface area contributed by atoms with Crippen molar-refractivity contribution < 1.29 is 9.84 Å². The smallest absolute Gasteiger partial charge is 0.397 e. The van der Waals surface area contributed by atoms with Crippen LogP contribution in [0.1, 0.15) is 43.1 Å². The van der Waals surface area contributed by atoms with Gasteiger partial charge in [-0.2, -0.15) is 0 Å². The summed E-state index contributed by atoms with van der Waals surface area (Å²) in [6.45, 7) is 3.68. The summed E-state index contributed by atoms with van der Waals surface area (Å²) < 4.78 is 0.358. The van der Waals surface area contributed by atoms with Gasteiger partial charge in [-0.15, -0.1) is 4.73 Å². The van der Waals surface area contributed by atoms with Gasteiger partial charge in [-0.25, -0.2) is 0 Å². The third-order valence-corrected chi connectivity index (χ3v) is 4.30. The fraction of sp³-hybridized carbons (Fsp3) is 0.294. The van der Waals surface area contributed by atoms with Crippen molar-refractivity contribution in [2.45, 2.75) is 32.6 Å². The normalized spacial score (nSPS) is 12.6. The minimum Gasteiger partial charge on any atom is -0.616 e. The van der Waals surface area contributed by atoms with E-state index in [1.807, 2.05) is 37.4 Å². The van der Waals surface area contributed by atoms with Crippen LogP contribution in [-0.4, -0.2) is 15.1 Å². The maximum Gasteiger partial charge on any atom is 0.397 e. The Bertz CT molecular complexity index is 911. The largest absolute Gasteiger partial charge is 0.616 e. The second-order valence-corrected chi connectivity index (χ2v) is 5.78. The van der Waals surface area contributed by atoms with Gasteiger partial charge in [0.05, 0.1) is 0 Å². The second-order valence-electron chi connectivity index (χ2n) is 5.78. The van der Waals surface area contributed by atoms with Crippen molar-refractivity contribution in [2.24, 2.45) is 0 Å². The van der Waals surface area contributed by atoms with Crippen molar-refractivity contribution in [1.82, 2.24) is 9.97 Å². The Labute approximate surface area is 133 Å². The molecule has 0 radical (unpaired) electrons. The summed E-state index contributed by atoms with van der Waals surface area (Å²) in [5.74, 6) is -0.658. The van der Waals surface area contributed by atoms with Gasteiger partial charge in [-0.05, 0) is 18.1 Å². The summed E-state index contributed by atoms with van der Waals surface area (Å²) >= 11 is 0. The van der Waals surface area contributed by atoms with E-state index in [4.69, 9.17) is 0 Å². The van der Waals surface area contributed by atoms with Crippen LogP contribution in [0.4, 0.5) is 0 Å². The molecular weight excluding hydrogens is 294 g/mol. The number of benzene rings is 1. The molecule has 3 rings (SSSR count). The molecule has 3 aromatic rings. The van der Waals surface area contributed by atoms with Gasteiger partial charge in [0, 0.05) is 29.4 Å². The lowest BCUT2D eigenvalue weighted by molar-refractivity contribution is -0.625. The van der Waals surface area contributed by atoms with Gasteiger partial charge in [0.25, 0.3) is 5.69 Å². The molecule has 0 fully saturated rings. The number of fused-ring (bicyclic) bond motifs is 1. The maximum atomic E-state index is 12.2. The summed E-state index contributed by atoms with van der Waals surface area (Å²) in [6, 6.07) is 7.74. The van der Waals surface area contributed by atoms with Gasteiger partial charge in [0.1, 0.15) is 5.69 Å². The Hall–Kier alpha value is -2.76. The number of hydrogen-bond acceptors (Lipinski definition) is 3. The molecule has 2 heterocycles. The first-order valence-corrected chi connectivity index (χ1v) is 7.65. The molecule has 0 saturated heterocycles. The van der Waals surface area contributed by atoms with Crippen LogP contribution in [0.5, 0.6) is 5.88 Å². The zero-order valence-electron chi connectivity index (χ0n) is 13.1. The number of aromatic nitrogens is 3. The molecule has 0 saturated carbocycles. The zero-order chi connectivity index (χ0) is 16.6. The van der Waals surface area contributed by atoms with Gasteiger partial charge < -0.3 is 20.3 Å². The maximum absolute atomic E-state index is 12.2. The van der Waals surface area contributed by atoms with Crippen molar-refractivity contribution in [3.63, 3.8) is 0 Å². The lowest BCUT2D eigenvalue weighted by atomic mass is 10.0. The van der Waals surface area contributed by atoms with Crippen molar-refractivity contribution in [1.29, 1.82) is 0 Å². The monoisotopic (exact) mass is 313 g/mol. The molecule has 120 valence electrons.